The lowest BCUT2D eigenvalue weighted by Crippen LogP contribution is -2.63. The average molecular weight is 350 g/mol. The molecular formula is C17H26N4O2S. The summed E-state index contributed by atoms with van der Waals surface area (Å²) in [5.74, 6) is 3.14. The van der Waals surface area contributed by atoms with Crippen LogP contribution in [0.15, 0.2) is 5.16 Å². The Kier molecular flexibility index (Phi) is 4.81. The van der Waals surface area contributed by atoms with Gasteiger partial charge in [0.05, 0.1) is 11.9 Å². The zero-order valence-corrected chi connectivity index (χ0v) is 15.0. The van der Waals surface area contributed by atoms with Crippen molar-refractivity contribution in [2.45, 2.75) is 62.8 Å². The van der Waals surface area contributed by atoms with Crippen LogP contribution in [0.5, 0.6) is 0 Å². The highest BCUT2D eigenvalue weighted by Gasteiger charge is 2.56. The van der Waals surface area contributed by atoms with Crippen LogP contribution in [0.2, 0.25) is 0 Å². The third-order valence-corrected chi connectivity index (χ3v) is 6.74. The molecule has 3 aliphatic rings. The molecule has 4 rings (SSSR count). The highest BCUT2D eigenvalue weighted by Crippen LogP contribution is 2.51. The Morgan fingerprint density at radius 3 is 2.96 bits per heavy atom. The molecule has 24 heavy (non-hydrogen) atoms. The minimum Gasteiger partial charge on any atom is -0.377 e. The van der Waals surface area contributed by atoms with Gasteiger partial charge in [-0.25, -0.2) is 4.98 Å². The van der Waals surface area contributed by atoms with E-state index < -0.39 is 0 Å². The molecule has 1 amide bonds. The van der Waals surface area contributed by atoms with Crippen LogP contribution in [0.1, 0.15) is 44.9 Å². The van der Waals surface area contributed by atoms with Gasteiger partial charge in [-0.3, -0.25) is 9.89 Å². The molecule has 132 valence electrons. The number of aryl methyl sites for hydroxylation is 1. The van der Waals surface area contributed by atoms with Crippen LogP contribution < -0.4 is 5.32 Å². The molecule has 0 spiro atoms. The van der Waals surface area contributed by atoms with E-state index in [0.717, 1.165) is 31.2 Å². The first kappa shape index (κ1) is 16.4. The zero-order valence-electron chi connectivity index (χ0n) is 14.2. The molecule has 6 nitrogen and oxygen atoms in total. The molecule has 2 saturated carbocycles. The smallest absolute Gasteiger partial charge is 0.230 e. The minimum atomic E-state index is 0.0983. The first-order valence-electron chi connectivity index (χ1n) is 9.21. The van der Waals surface area contributed by atoms with Crippen molar-refractivity contribution in [1.82, 2.24) is 20.5 Å². The molecule has 1 aromatic rings. The number of H-pyrrole nitrogens is 1. The number of hydrogen-bond acceptors (Lipinski definition) is 5. The van der Waals surface area contributed by atoms with Gasteiger partial charge in [0, 0.05) is 30.9 Å². The van der Waals surface area contributed by atoms with E-state index in [2.05, 4.69) is 20.5 Å². The fourth-order valence-corrected chi connectivity index (χ4v) is 5.35. The molecule has 1 saturated heterocycles. The van der Waals surface area contributed by atoms with Crippen molar-refractivity contribution in [3.8, 4) is 0 Å². The van der Waals surface area contributed by atoms with E-state index in [4.69, 9.17) is 4.74 Å². The van der Waals surface area contributed by atoms with Crippen LogP contribution in [-0.4, -0.2) is 45.6 Å². The van der Waals surface area contributed by atoms with Crippen LogP contribution >= 0.6 is 11.8 Å². The average Bonchev–Trinajstić information content (AvgIpc) is 3.32. The topological polar surface area (TPSA) is 79.9 Å². The van der Waals surface area contributed by atoms with Crippen LogP contribution in [0.3, 0.4) is 0 Å². The monoisotopic (exact) mass is 350 g/mol. The van der Waals surface area contributed by atoms with Crippen molar-refractivity contribution in [2.75, 3.05) is 12.4 Å². The molecule has 1 aliphatic heterocycles. The summed E-state index contributed by atoms with van der Waals surface area (Å²) >= 11 is 1.40. The maximum Gasteiger partial charge on any atom is 0.230 e. The third-order valence-electron chi connectivity index (χ3n) is 5.89. The largest absolute Gasteiger partial charge is 0.377 e. The Morgan fingerprint density at radius 2 is 2.21 bits per heavy atom. The van der Waals surface area contributed by atoms with Gasteiger partial charge in [-0.05, 0) is 12.3 Å². The summed E-state index contributed by atoms with van der Waals surface area (Å²) in [7, 11) is 0. The van der Waals surface area contributed by atoms with Gasteiger partial charge in [0.2, 0.25) is 11.1 Å². The first-order chi connectivity index (χ1) is 11.8. The van der Waals surface area contributed by atoms with Gasteiger partial charge in [0.15, 0.2) is 0 Å². The number of carbonyl (C=O) groups is 1. The van der Waals surface area contributed by atoms with Crippen LogP contribution in [-0.2, 0) is 16.0 Å². The first-order valence-corrected chi connectivity index (χ1v) is 10.2. The van der Waals surface area contributed by atoms with E-state index in [0.29, 0.717) is 34.9 Å². The Balaban J connectivity index is 1.32. The minimum absolute atomic E-state index is 0.0983. The van der Waals surface area contributed by atoms with Crippen molar-refractivity contribution in [2.24, 2.45) is 17.8 Å². The van der Waals surface area contributed by atoms with Crippen molar-refractivity contribution >= 4 is 17.7 Å². The molecular weight excluding hydrogens is 324 g/mol. The highest BCUT2D eigenvalue weighted by atomic mass is 32.2. The van der Waals surface area contributed by atoms with Crippen molar-refractivity contribution in [1.29, 1.82) is 0 Å². The van der Waals surface area contributed by atoms with Gasteiger partial charge in [0.25, 0.3) is 0 Å². The number of thioether (sulfide) groups is 1. The summed E-state index contributed by atoms with van der Waals surface area (Å²) in [5, 5.41) is 11.0. The molecule has 2 N–H and O–H groups in total. The second kappa shape index (κ2) is 7.04. The Bertz CT molecular complexity index is 582. The number of carbonyl (C=O) groups excluding carboxylic acids is 1. The number of amides is 1. The molecule has 0 aromatic carbocycles. The molecule has 4 atom stereocenters. The zero-order chi connectivity index (χ0) is 16.5. The number of ether oxygens (including phenoxy) is 1. The van der Waals surface area contributed by atoms with Crippen molar-refractivity contribution < 1.29 is 9.53 Å². The highest BCUT2D eigenvalue weighted by molar-refractivity contribution is 7.99. The fourth-order valence-electron chi connectivity index (χ4n) is 4.72. The lowest BCUT2D eigenvalue weighted by molar-refractivity contribution is -0.127. The Hall–Kier alpha value is -1.08. The van der Waals surface area contributed by atoms with Crippen molar-refractivity contribution in [3.05, 3.63) is 5.82 Å². The third kappa shape index (κ3) is 3.08. The van der Waals surface area contributed by atoms with Gasteiger partial charge in [0.1, 0.15) is 5.82 Å². The number of hydrogen-bond donors (Lipinski definition) is 2. The summed E-state index contributed by atoms with van der Waals surface area (Å²) in [6, 6.07) is 0.312. The summed E-state index contributed by atoms with van der Waals surface area (Å²) in [4.78, 5) is 16.7. The van der Waals surface area contributed by atoms with E-state index in [9.17, 15) is 4.79 Å². The Labute approximate surface area is 146 Å². The molecule has 0 radical (unpaired) electrons. The molecule has 1 aromatic heterocycles. The maximum atomic E-state index is 12.4. The summed E-state index contributed by atoms with van der Waals surface area (Å²) in [5.41, 5.74) is 0. The summed E-state index contributed by atoms with van der Waals surface area (Å²) in [6.07, 6.45) is 7.58. The number of aromatic amines is 1. The van der Waals surface area contributed by atoms with E-state index in [1.807, 2.05) is 6.92 Å². The van der Waals surface area contributed by atoms with Crippen molar-refractivity contribution in [3.63, 3.8) is 0 Å². The molecule has 0 unspecified atom stereocenters. The predicted molar refractivity (Wildman–Crippen MR) is 91.7 cm³/mol. The lowest BCUT2D eigenvalue weighted by Gasteiger charge is -2.50. The van der Waals surface area contributed by atoms with Gasteiger partial charge in [-0.2, -0.15) is 0 Å². The van der Waals surface area contributed by atoms with Crippen LogP contribution in [0.4, 0.5) is 0 Å². The maximum absolute atomic E-state index is 12.4. The van der Waals surface area contributed by atoms with Gasteiger partial charge in [-0.15, -0.1) is 5.10 Å². The molecule has 0 bridgehead atoms. The SMILES string of the molecule is CCc1nc(SCC(=O)N[C@@H]2[C@@H]3CCO[C@@H]3[C@@H]2C2CCCC2)n[nH]1. The summed E-state index contributed by atoms with van der Waals surface area (Å²) in [6.45, 7) is 2.89. The standard InChI is InChI=1S/C17H26N4O2S/c1-2-12-18-17(21-20-12)24-9-13(22)19-15-11-7-8-23-16(11)14(15)10-5-3-4-6-10/h10-11,14-16H,2-9H2,1H3,(H,19,22)(H,18,20,21)/t11-,14+,15+,16-/m0/s1. The van der Waals surface area contributed by atoms with Gasteiger partial charge >= 0.3 is 0 Å². The number of nitrogens with zero attached hydrogens (tertiary/aromatic N) is 2. The van der Waals surface area contributed by atoms with E-state index >= 15 is 0 Å². The fraction of sp³-hybridized carbons (Fsp3) is 0.824. The quantitative estimate of drug-likeness (QED) is 0.769. The number of nitrogens with one attached hydrogen (secondary N) is 2. The second-order valence-electron chi connectivity index (χ2n) is 7.21. The van der Waals surface area contributed by atoms with E-state index in [1.54, 1.807) is 0 Å². The van der Waals surface area contributed by atoms with Crippen LogP contribution in [0.25, 0.3) is 0 Å². The number of rotatable bonds is 6. The van der Waals surface area contributed by atoms with Gasteiger partial charge < -0.3 is 10.1 Å². The molecule has 7 heteroatoms. The molecule has 2 aliphatic carbocycles. The summed E-state index contributed by atoms with van der Waals surface area (Å²) < 4.78 is 5.95. The van der Waals surface area contributed by atoms with E-state index in [-0.39, 0.29) is 5.91 Å². The number of fused-ring (bicyclic) bond motifs is 1. The molecule has 3 fully saturated rings. The Morgan fingerprint density at radius 1 is 1.38 bits per heavy atom. The molecule has 2 heterocycles. The number of aromatic nitrogens is 3. The van der Waals surface area contributed by atoms with Crippen LogP contribution in [0, 0.1) is 17.8 Å². The van der Waals surface area contributed by atoms with Gasteiger partial charge in [-0.1, -0.05) is 44.4 Å². The second-order valence-corrected chi connectivity index (χ2v) is 8.15. The lowest BCUT2D eigenvalue weighted by atomic mass is 9.61. The predicted octanol–water partition coefficient (Wildman–Crippen LogP) is 2.17. The normalized spacial score (nSPS) is 32.5. The van der Waals surface area contributed by atoms with E-state index in [1.165, 1.54) is 37.4 Å².